The molecule has 0 saturated heterocycles. The number of ketones is 1. The molecule has 1 fully saturated rings. The summed E-state index contributed by atoms with van der Waals surface area (Å²) in [6, 6.07) is 0. The third-order valence-electron chi connectivity index (χ3n) is 2.91. The molecule has 0 spiro atoms. The minimum absolute atomic E-state index is 0.0900. The molecule has 1 unspecified atom stereocenters. The number of unbranched alkanes of at least 4 members (excludes halogenated alkanes) is 2. The van der Waals surface area contributed by atoms with Crippen LogP contribution in [0.2, 0.25) is 0 Å². The molecule has 0 bridgehead atoms. The van der Waals surface area contributed by atoms with Crippen LogP contribution in [-0.4, -0.2) is 11.7 Å². The van der Waals surface area contributed by atoms with Crippen molar-refractivity contribution in [1.82, 2.24) is 0 Å². The number of hydrogen-bond donors (Lipinski definition) is 0. The van der Waals surface area contributed by atoms with Gasteiger partial charge in [-0.2, -0.15) is 0 Å². The van der Waals surface area contributed by atoms with Crippen LogP contribution >= 0.6 is 0 Å². The zero-order valence-corrected chi connectivity index (χ0v) is 8.84. The summed E-state index contributed by atoms with van der Waals surface area (Å²) in [5.41, 5.74) is 0.720. The fourth-order valence-corrected chi connectivity index (χ4v) is 2.05. The first-order valence-electron chi connectivity index (χ1n) is 5.56. The maximum Gasteiger partial charge on any atom is 0.140 e. The number of hydrogen-bond acceptors (Lipinski definition) is 2. The Morgan fingerprint density at radius 1 is 1.36 bits per heavy atom. The molecule has 1 saturated carbocycles. The molecular weight excluding hydrogens is 176 g/mol. The van der Waals surface area contributed by atoms with Gasteiger partial charge in [0.05, 0.1) is 0 Å². The summed E-state index contributed by atoms with van der Waals surface area (Å²) in [5, 5.41) is 0. The fourth-order valence-electron chi connectivity index (χ4n) is 2.05. The van der Waals surface area contributed by atoms with Crippen LogP contribution in [0.1, 0.15) is 51.9 Å². The van der Waals surface area contributed by atoms with Gasteiger partial charge in [-0.05, 0) is 19.3 Å². The minimum Gasteiger partial charge on any atom is -0.299 e. The second kappa shape index (κ2) is 5.77. The molecule has 0 amide bonds. The predicted octanol–water partition coefficient (Wildman–Crippen LogP) is 2.69. The van der Waals surface area contributed by atoms with E-state index in [4.69, 9.17) is 0 Å². The van der Waals surface area contributed by atoms with E-state index in [2.05, 4.69) is 6.92 Å². The Morgan fingerprint density at radius 2 is 2.14 bits per heavy atom. The van der Waals surface area contributed by atoms with Gasteiger partial charge in [0, 0.05) is 17.9 Å². The zero-order chi connectivity index (χ0) is 10.4. The van der Waals surface area contributed by atoms with Crippen LogP contribution in [-0.2, 0) is 9.59 Å². The van der Waals surface area contributed by atoms with Crippen LogP contribution in [0.5, 0.6) is 0 Å². The fraction of sp³-hybridized carbons (Fsp3) is 0.750. The van der Waals surface area contributed by atoms with E-state index in [0.29, 0.717) is 6.42 Å². The maximum atomic E-state index is 11.6. The Bertz CT molecular complexity index is 249. The van der Waals surface area contributed by atoms with Crippen molar-refractivity contribution in [1.29, 1.82) is 0 Å². The molecule has 0 aromatic rings. The van der Waals surface area contributed by atoms with Crippen LogP contribution in [0.15, 0.2) is 5.57 Å². The largest absolute Gasteiger partial charge is 0.299 e. The molecule has 1 aliphatic rings. The van der Waals surface area contributed by atoms with E-state index in [1.807, 2.05) is 5.94 Å². The number of carbonyl (C=O) groups is 1. The van der Waals surface area contributed by atoms with Gasteiger partial charge < -0.3 is 0 Å². The average Bonchev–Trinajstić information content (AvgIpc) is 2.20. The van der Waals surface area contributed by atoms with Crippen molar-refractivity contribution >= 4 is 11.7 Å². The van der Waals surface area contributed by atoms with Crippen LogP contribution in [0.3, 0.4) is 0 Å². The van der Waals surface area contributed by atoms with E-state index in [9.17, 15) is 9.59 Å². The lowest BCUT2D eigenvalue weighted by atomic mass is 9.81. The monoisotopic (exact) mass is 194 g/mol. The average molecular weight is 194 g/mol. The summed E-state index contributed by atoms with van der Waals surface area (Å²) in [6.45, 7) is 2.14. The van der Waals surface area contributed by atoms with Gasteiger partial charge in [0.1, 0.15) is 11.7 Å². The summed E-state index contributed by atoms with van der Waals surface area (Å²) >= 11 is 0. The topological polar surface area (TPSA) is 34.1 Å². The summed E-state index contributed by atoms with van der Waals surface area (Å²) in [6.07, 6.45) is 6.49. The SMILES string of the molecule is CCCCCC1C(=O)CCCC1=C=O. The molecule has 0 radical (unpaired) electrons. The second-order valence-corrected chi connectivity index (χ2v) is 4.00. The molecular formula is C12H18O2. The van der Waals surface area contributed by atoms with Crippen LogP contribution < -0.4 is 0 Å². The smallest absolute Gasteiger partial charge is 0.140 e. The predicted molar refractivity (Wildman–Crippen MR) is 55.7 cm³/mol. The second-order valence-electron chi connectivity index (χ2n) is 4.00. The van der Waals surface area contributed by atoms with E-state index in [1.165, 1.54) is 0 Å². The van der Waals surface area contributed by atoms with Crippen LogP contribution in [0.25, 0.3) is 0 Å². The third kappa shape index (κ3) is 2.81. The molecule has 0 aromatic carbocycles. The summed E-state index contributed by atoms with van der Waals surface area (Å²) in [5.74, 6) is 2.12. The van der Waals surface area contributed by atoms with Crippen molar-refractivity contribution < 1.29 is 9.59 Å². The van der Waals surface area contributed by atoms with Crippen molar-refractivity contribution in [3.63, 3.8) is 0 Å². The highest BCUT2D eigenvalue weighted by Crippen LogP contribution is 2.28. The molecule has 2 nitrogen and oxygen atoms in total. The molecule has 1 atom stereocenters. The summed E-state index contributed by atoms with van der Waals surface area (Å²) < 4.78 is 0. The molecule has 14 heavy (non-hydrogen) atoms. The first-order valence-corrected chi connectivity index (χ1v) is 5.56. The highest BCUT2D eigenvalue weighted by Gasteiger charge is 2.26. The van der Waals surface area contributed by atoms with Gasteiger partial charge in [-0.15, -0.1) is 0 Å². The lowest BCUT2D eigenvalue weighted by Crippen LogP contribution is -2.22. The van der Waals surface area contributed by atoms with Crippen molar-refractivity contribution in [3.05, 3.63) is 5.57 Å². The van der Waals surface area contributed by atoms with E-state index < -0.39 is 0 Å². The van der Waals surface area contributed by atoms with Gasteiger partial charge in [0.25, 0.3) is 0 Å². The molecule has 78 valence electrons. The Kier molecular flexibility index (Phi) is 4.61. The van der Waals surface area contributed by atoms with E-state index in [-0.39, 0.29) is 11.7 Å². The summed E-state index contributed by atoms with van der Waals surface area (Å²) in [7, 11) is 0. The van der Waals surface area contributed by atoms with Crippen molar-refractivity contribution in [2.45, 2.75) is 51.9 Å². The Morgan fingerprint density at radius 3 is 2.79 bits per heavy atom. The third-order valence-corrected chi connectivity index (χ3v) is 2.91. The first-order chi connectivity index (χ1) is 6.79. The molecule has 1 aliphatic carbocycles. The normalized spacial score (nSPS) is 22.2. The van der Waals surface area contributed by atoms with Crippen LogP contribution in [0, 0.1) is 5.92 Å². The molecule has 0 aliphatic heterocycles. The lowest BCUT2D eigenvalue weighted by molar-refractivity contribution is -0.122. The number of allylic oxidation sites excluding steroid dienone is 1. The highest BCUT2D eigenvalue weighted by atomic mass is 16.1. The van der Waals surface area contributed by atoms with Gasteiger partial charge in [-0.3, -0.25) is 4.79 Å². The van der Waals surface area contributed by atoms with Crippen molar-refractivity contribution in [2.24, 2.45) is 5.92 Å². The van der Waals surface area contributed by atoms with Crippen molar-refractivity contribution in [2.75, 3.05) is 0 Å². The molecule has 0 N–H and O–H groups in total. The van der Waals surface area contributed by atoms with Crippen molar-refractivity contribution in [3.8, 4) is 0 Å². The highest BCUT2D eigenvalue weighted by molar-refractivity contribution is 5.87. The van der Waals surface area contributed by atoms with Gasteiger partial charge >= 0.3 is 0 Å². The molecule has 0 aromatic heterocycles. The first kappa shape index (κ1) is 11.2. The Labute approximate surface area is 85.4 Å². The van der Waals surface area contributed by atoms with E-state index in [1.54, 1.807) is 0 Å². The number of carbonyl (C=O) groups excluding carboxylic acids is 2. The molecule has 2 heteroatoms. The van der Waals surface area contributed by atoms with Gasteiger partial charge in [-0.1, -0.05) is 26.2 Å². The number of Topliss-reactive ketones (excluding diaryl/α,β-unsaturated/α-hetero) is 1. The van der Waals surface area contributed by atoms with Crippen LogP contribution in [0.4, 0.5) is 0 Å². The van der Waals surface area contributed by atoms with E-state index in [0.717, 1.165) is 44.1 Å². The molecule has 1 rings (SSSR count). The van der Waals surface area contributed by atoms with Gasteiger partial charge in [0.2, 0.25) is 0 Å². The number of rotatable bonds is 4. The maximum absolute atomic E-state index is 11.6. The Hall–Kier alpha value is -0.880. The minimum atomic E-state index is -0.0900. The standard InChI is InChI=1S/C12H18O2/c1-2-3-4-7-11-10(9-13)6-5-8-12(11)14/h11H,2-8H2,1H3. The van der Waals surface area contributed by atoms with Gasteiger partial charge in [-0.25, -0.2) is 4.79 Å². The molecule has 0 heterocycles. The lowest BCUT2D eigenvalue weighted by Gasteiger charge is -2.21. The van der Waals surface area contributed by atoms with E-state index >= 15 is 0 Å². The van der Waals surface area contributed by atoms with Gasteiger partial charge in [0.15, 0.2) is 0 Å². The zero-order valence-electron chi connectivity index (χ0n) is 8.84. The quantitative estimate of drug-likeness (QED) is 0.509. The Balaban J connectivity index is 2.52. The summed E-state index contributed by atoms with van der Waals surface area (Å²) in [4.78, 5) is 22.2.